The van der Waals surface area contributed by atoms with Gasteiger partial charge in [0.25, 0.3) is 5.91 Å². The normalized spacial score (nSPS) is 16.2. The molecule has 2 heterocycles. The number of unbranched alkanes of at least 4 members (excludes halogenated alkanes) is 2. The van der Waals surface area contributed by atoms with Gasteiger partial charge in [0.2, 0.25) is 41.4 Å². The number of amides is 10. The number of carboxylic acid groups (broad SMARTS) is 1. The molecule has 10 amide bonds. The molecule has 0 saturated carbocycles. The Morgan fingerprint density at radius 2 is 1.49 bits per heavy atom. The topological polar surface area (TPSA) is 347 Å². The van der Waals surface area contributed by atoms with Gasteiger partial charge in [-0.05, 0) is 114 Å². The first-order chi connectivity index (χ1) is 40.8. The van der Waals surface area contributed by atoms with Crippen LogP contribution in [0.3, 0.4) is 0 Å². The van der Waals surface area contributed by atoms with E-state index in [9.17, 15) is 53.1 Å². The lowest BCUT2D eigenvalue weighted by molar-refractivity contribution is -0.147. The smallest absolute Gasteiger partial charge is 0.312 e. The Morgan fingerprint density at radius 3 is 2.07 bits per heavy atom. The summed E-state index contributed by atoms with van der Waals surface area (Å²) in [7, 11) is 1.90. The molecular weight excluding hydrogens is 1140 g/mol. The third-order valence-corrected chi connectivity index (χ3v) is 18.2. The Bertz CT molecular complexity index is 2530. The molecule has 2 unspecified atom stereocenters. The number of likely N-dealkylation sites (tertiary alicyclic amines) is 1. The molecule has 3 rings (SSSR count). The quantitative estimate of drug-likeness (QED) is 0.0278. The third-order valence-electron chi connectivity index (χ3n) is 15.4. The lowest BCUT2D eigenvalue weighted by Gasteiger charge is -2.38. The van der Waals surface area contributed by atoms with E-state index < -0.39 is 94.7 Å². The number of nitrogens with one attached hydrogen (secondary N) is 7. The zero-order valence-electron chi connectivity index (χ0n) is 52.6. The first-order valence-electron chi connectivity index (χ1n) is 30.8. The molecule has 1 saturated heterocycles. The molecular formula is C61H100N12O11S2. The Labute approximate surface area is 517 Å². The summed E-state index contributed by atoms with van der Waals surface area (Å²) < 4.78 is 0. The zero-order chi connectivity index (χ0) is 64.2. The van der Waals surface area contributed by atoms with E-state index in [1.807, 2.05) is 46.6 Å². The van der Waals surface area contributed by atoms with Crippen molar-refractivity contribution in [3.05, 3.63) is 45.9 Å². The summed E-state index contributed by atoms with van der Waals surface area (Å²) in [5.74, 6) is -6.36. The van der Waals surface area contributed by atoms with Crippen LogP contribution in [0.15, 0.2) is 29.6 Å². The van der Waals surface area contributed by atoms with Gasteiger partial charge in [-0.2, -0.15) is 0 Å². The minimum absolute atomic E-state index is 0.0335. The summed E-state index contributed by atoms with van der Waals surface area (Å²) >= 11 is 2.74. The van der Waals surface area contributed by atoms with Gasteiger partial charge in [0.15, 0.2) is 0 Å². The van der Waals surface area contributed by atoms with Crippen molar-refractivity contribution < 1.29 is 53.1 Å². The highest BCUT2D eigenvalue weighted by atomic mass is 32.2. The lowest BCUT2D eigenvalue weighted by atomic mass is 9.91. The Kier molecular flexibility index (Phi) is 32.9. The van der Waals surface area contributed by atoms with E-state index in [0.717, 1.165) is 56.4 Å². The van der Waals surface area contributed by atoms with Gasteiger partial charge in [-0.15, -0.1) is 23.1 Å². The maximum absolute atomic E-state index is 14.3. The fourth-order valence-corrected chi connectivity index (χ4v) is 12.6. The molecule has 0 bridgehead atoms. The van der Waals surface area contributed by atoms with Crippen molar-refractivity contribution in [3.8, 4) is 0 Å². The van der Waals surface area contributed by atoms with Gasteiger partial charge in [0.1, 0.15) is 29.9 Å². The molecule has 12 N–H and O–H groups in total. The zero-order valence-corrected chi connectivity index (χ0v) is 54.2. The highest BCUT2D eigenvalue weighted by Crippen LogP contribution is 2.33. The molecule has 1 aliphatic heterocycles. The van der Waals surface area contributed by atoms with Crippen molar-refractivity contribution in [1.82, 2.24) is 46.7 Å². The molecule has 86 heavy (non-hydrogen) atoms. The first kappa shape index (κ1) is 74.1. The lowest BCUT2D eigenvalue weighted by Crippen LogP contribution is -2.60. The van der Waals surface area contributed by atoms with E-state index >= 15 is 0 Å². The van der Waals surface area contributed by atoms with Gasteiger partial charge < -0.3 is 58.7 Å². The van der Waals surface area contributed by atoms with Crippen LogP contribution in [0.1, 0.15) is 186 Å². The summed E-state index contributed by atoms with van der Waals surface area (Å²) in [6.07, 6.45) is 7.62. The predicted octanol–water partition coefficient (Wildman–Crippen LogP) is 5.81. The fourth-order valence-electron chi connectivity index (χ4n) is 10.4. The minimum Gasteiger partial charge on any atom is -0.481 e. The number of thioether (sulfide) groups is 1. The van der Waals surface area contributed by atoms with Crippen LogP contribution in [-0.4, -0.2) is 159 Å². The number of carboxylic acids is 1. The summed E-state index contributed by atoms with van der Waals surface area (Å²) in [5, 5.41) is 31.7. The van der Waals surface area contributed by atoms with Gasteiger partial charge in [-0.3, -0.25) is 48.1 Å². The molecule has 25 heteroatoms. The number of hydrogen-bond acceptors (Lipinski definition) is 15. The van der Waals surface area contributed by atoms with Gasteiger partial charge >= 0.3 is 12.0 Å². The average Bonchev–Trinajstić information content (AvgIpc) is 3.35. The summed E-state index contributed by atoms with van der Waals surface area (Å²) in [4.78, 5) is 141. The number of hydrogen-bond donors (Lipinski definition) is 10. The number of primary amides is 1. The number of rotatable bonds is 41. The summed E-state index contributed by atoms with van der Waals surface area (Å²) in [6, 6.07) is 0.663. The number of aliphatic carboxylic acids is 1. The van der Waals surface area contributed by atoms with Crippen LogP contribution in [0.5, 0.6) is 0 Å². The number of thiazole rings is 1. The van der Waals surface area contributed by atoms with Crippen LogP contribution in [0.2, 0.25) is 0 Å². The number of benzene rings is 1. The second-order valence-electron chi connectivity index (χ2n) is 23.3. The van der Waals surface area contributed by atoms with Crippen LogP contribution in [0.25, 0.3) is 0 Å². The second kappa shape index (κ2) is 38.2. The van der Waals surface area contributed by atoms with Crippen molar-refractivity contribution >= 4 is 88.0 Å². The van der Waals surface area contributed by atoms with Gasteiger partial charge in [-0.25, -0.2) is 9.78 Å². The number of imide groups is 1. The van der Waals surface area contributed by atoms with Crippen molar-refractivity contribution in [2.24, 2.45) is 29.2 Å². The van der Waals surface area contributed by atoms with Crippen molar-refractivity contribution in [3.63, 3.8) is 0 Å². The number of carbonyl (C=O) groups excluding carboxylic acids is 9. The standard InChI is InChI=1S/C61H100N12O11S2/c1-12-20-45(68-50(74)22-17-16-18-27-64-11)58(80)72(29-13-2)47(36(5)6)31-38(9)57-70-46(35-85-57)54(77)67-42(30-39(10)60(82)83)32-40-23-25-41(26-24-40)66-53(76)44(21-19-28-65-61(63)84)69-56(79)52(37(7)8)71-55(78)48(34-62)73-51(75)33-49(59(73)81)86-43(14-3)15-4/h23-26,35-39,42-45,47-49,52,64H,12-22,27-34,62H2,1-11H3,(H,66,76)(H,67,77)(H,68,74)(H,69,79)(H,71,78)(H,82,83)(H3,63,65,84)/t38-,39+,42-,44+,45+,47-,48?,49?,52+/m1/s1. The van der Waals surface area contributed by atoms with E-state index in [1.165, 1.54) is 23.1 Å². The summed E-state index contributed by atoms with van der Waals surface area (Å²) in [5.41, 5.74) is 12.5. The Hall–Kier alpha value is -6.18. The minimum atomic E-state index is -1.37. The number of urea groups is 1. The molecule has 1 aromatic carbocycles. The molecule has 1 aromatic heterocycles. The van der Waals surface area contributed by atoms with Crippen LogP contribution < -0.4 is 48.7 Å². The first-order valence-corrected chi connectivity index (χ1v) is 32.6. The maximum atomic E-state index is 14.3. The van der Waals surface area contributed by atoms with Crippen molar-refractivity contribution in [2.75, 3.05) is 38.5 Å². The number of nitrogens with two attached hydrogens (primary N) is 2. The van der Waals surface area contributed by atoms with Gasteiger partial charge in [-0.1, -0.05) is 94.2 Å². The highest BCUT2D eigenvalue weighted by Gasteiger charge is 2.46. The molecule has 0 spiro atoms. The van der Waals surface area contributed by atoms with Crippen LogP contribution in [0.4, 0.5) is 10.5 Å². The van der Waals surface area contributed by atoms with E-state index in [1.54, 1.807) is 50.4 Å². The van der Waals surface area contributed by atoms with Crippen LogP contribution in [-0.2, 0) is 44.8 Å². The monoisotopic (exact) mass is 1240 g/mol. The molecule has 0 aliphatic carbocycles. The average molecular weight is 1240 g/mol. The number of carbonyl (C=O) groups is 10. The van der Waals surface area contributed by atoms with Crippen molar-refractivity contribution in [1.29, 1.82) is 0 Å². The van der Waals surface area contributed by atoms with E-state index in [-0.39, 0.29) is 85.8 Å². The second-order valence-corrected chi connectivity index (χ2v) is 25.7. The molecule has 23 nitrogen and oxygen atoms in total. The molecule has 2 aromatic rings. The third kappa shape index (κ3) is 23.8. The largest absolute Gasteiger partial charge is 0.481 e. The van der Waals surface area contributed by atoms with Gasteiger partial charge in [0.05, 0.1) is 16.2 Å². The number of aromatic nitrogens is 1. The number of nitrogens with zero attached hydrogens (tertiary/aromatic N) is 3. The van der Waals surface area contributed by atoms with Crippen LogP contribution in [0, 0.1) is 17.8 Å². The fraction of sp³-hybridized carbons (Fsp3) is 0.689. The van der Waals surface area contributed by atoms with E-state index in [4.69, 9.17) is 16.5 Å². The van der Waals surface area contributed by atoms with Gasteiger partial charge in [0, 0.05) is 66.8 Å². The van der Waals surface area contributed by atoms with Crippen molar-refractivity contribution in [2.45, 2.75) is 218 Å². The molecule has 482 valence electrons. The highest BCUT2D eigenvalue weighted by molar-refractivity contribution is 8.01. The van der Waals surface area contributed by atoms with Crippen LogP contribution >= 0.6 is 23.1 Å². The Morgan fingerprint density at radius 1 is 0.802 bits per heavy atom. The molecule has 1 fully saturated rings. The molecule has 9 atom stereocenters. The molecule has 1 aliphatic rings. The predicted molar refractivity (Wildman–Crippen MR) is 337 cm³/mol. The van der Waals surface area contributed by atoms with E-state index in [2.05, 4.69) is 51.1 Å². The van der Waals surface area contributed by atoms with E-state index in [0.29, 0.717) is 42.1 Å². The SMILES string of the molecule is CCC[C@H](NC(=O)CCCCCNC)C(=O)N(CCC)[C@H](C[C@@H](C)c1nc(C(=O)N[C@@H](Cc2ccc(NC(=O)[C@H](CCCNC(N)=O)NC(=O)[C@@H](NC(=O)C(CN)N3C(=O)CC(SC(CC)CC)C3=O)C(C)C)cc2)C[C@H](C)C(=O)O)cs1)C(C)C. The summed E-state index contributed by atoms with van der Waals surface area (Å²) in [6.45, 7) is 20.2. The Balaban J connectivity index is 1.77. The molecule has 0 radical (unpaired) electrons. The maximum Gasteiger partial charge on any atom is 0.312 e. The number of anilines is 1.